The van der Waals surface area contributed by atoms with Crippen molar-refractivity contribution in [2.45, 2.75) is 19.4 Å². The molecule has 0 bridgehead atoms. The van der Waals surface area contributed by atoms with Crippen molar-refractivity contribution < 1.29 is 4.42 Å². The van der Waals surface area contributed by atoms with Crippen molar-refractivity contribution in [2.75, 3.05) is 6.54 Å². The Bertz CT molecular complexity index is 904. The Morgan fingerprint density at radius 3 is 2.87 bits per heavy atom. The number of nitrogens with two attached hydrogens (primary N) is 1. The summed E-state index contributed by atoms with van der Waals surface area (Å²) in [5.41, 5.74) is 5.95. The second-order valence-corrected chi connectivity index (χ2v) is 6.48. The number of aryl methyl sites for hydroxylation is 1. The summed E-state index contributed by atoms with van der Waals surface area (Å²) >= 11 is 9.40. The highest BCUT2D eigenvalue weighted by Crippen LogP contribution is 2.25. The molecule has 0 saturated heterocycles. The van der Waals surface area contributed by atoms with Crippen LogP contribution in [0.1, 0.15) is 17.9 Å². The van der Waals surface area contributed by atoms with Crippen molar-refractivity contribution in [3.05, 3.63) is 62.0 Å². The molecule has 2 aromatic heterocycles. The van der Waals surface area contributed by atoms with E-state index in [0.717, 1.165) is 18.6 Å². The molecule has 7 heteroatoms. The lowest BCUT2D eigenvalue weighted by atomic mass is 10.2. The fraction of sp³-hybridized carbons (Fsp3) is 0.250. The van der Waals surface area contributed by atoms with Crippen molar-refractivity contribution in [1.82, 2.24) is 9.55 Å². The van der Waals surface area contributed by atoms with Crippen LogP contribution in [0.2, 0.25) is 5.02 Å². The molecular weight excluding hydrogens is 382 g/mol. The van der Waals surface area contributed by atoms with E-state index in [1.807, 2.05) is 12.1 Å². The molecule has 1 aromatic carbocycles. The highest BCUT2D eigenvalue weighted by Gasteiger charge is 2.10. The van der Waals surface area contributed by atoms with Crippen LogP contribution in [-0.2, 0) is 13.0 Å². The second kappa shape index (κ2) is 6.86. The average molecular weight is 397 g/mol. The lowest BCUT2D eigenvalue weighted by molar-refractivity contribution is 0.447. The molecule has 0 amide bonds. The first kappa shape index (κ1) is 16.2. The molecule has 0 unspecified atom stereocenters. The van der Waals surface area contributed by atoms with Crippen LogP contribution in [0.25, 0.3) is 10.9 Å². The van der Waals surface area contributed by atoms with E-state index in [-0.39, 0.29) is 5.56 Å². The van der Waals surface area contributed by atoms with Gasteiger partial charge in [0, 0.05) is 10.9 Å². The van der Waals surface area contributed by atoms with Gasteiger partial charge in [-0.1, -0.05) is 11.6 Å². The second-order valence-electron chi connectivity index (χ2n) is 5.22. The number of benzene rings is 1. The third-order valence-corrected chi connectivity index (χ3v) is 4.73. The number of hydrogen-bond acceptors (Lipinski definition) is 4. The fourth-order valence-corrected chi connectivity index (χ4v) is 2.85. The Hall–Kier alpha value is -1.63. The van der Waals surface area contributed by atoms with E-state index in [0.29, 0.717) is 39.2 Å². The van der Waals surface area contributed by atoms with Crippen LogP contribution in [0.15, 0.2) is 44.3 Å². The highest BCUT2D eigenvalue weighted by molar-refractivity contribution is 9.10. The van der Waals surface area contributed by atoms with E-state index >= 15 is 0 Å². The van der Waals surface area contributed by atoms with Crippen molar-refractivity contribution in [1.29, 1.82) is 0 Å². The Morgan fingerprint density at radius 1 is 1.30 bits per heavy atom. The zero-order valence-corrected chi connectivity index (χ0v) is 14.6. The van der Waals surface area contributed by atoms with E-state index in [2.05, 4.69) is 20.9 Å². The lowest BCUT2D eigenvalue weighted by Gasteiger charge is -2.06. The van der Waals surface area contributed by atoms with E-state index < -0.39 is 0 Å². The molecule has 0 aliphatic carbocycles. The van der Waals surface area contributed by atoms with Crippen LogP contribution in [0, 0.1) is 0 Å². The van der Waals surface area contributed by atoms with E-state index in [1.54, 1.807) is 12.1 Å². The number of fused-ring (bicyclic) bond motifs is 1. The fourth-order valence-electron chi connectivity index (χ4n) is 2.35. The van der Waals surface area contributed by atoms with Gasteiger partial charge in [-0.2, -0.15) is 0 Å². The van der Waals surface area contributed by atoms with Gasteiger partial charge in [-0.3, -0.25) is 9.36 Å². The number of aromatic nitrogens is 2. The number of rotatable bonds is 5. The normalized spacial score (nSPS) is 11.3. The molecule has 0 aliphatic heterocycles. The van der Waals surface area contributed by atoms with Gasteiger partial charge in [0.15, 0.2) is 0 Å². The minimum Gasteiger partial charge on any atom is -0.464 e. The molecular formula is C16H15BrClN3O2. The highest BCUT2D eigenvalue weighted by atomic mass is 79.9. The van der Waals surface area contributed by atoms with Crippen LogP contribution < -0.4 is 11.3 Å². The standard InChI is InChI=1S/C16H15BrClN3O2/c17-13-7-15-12(6-14(13)18)16(22)21(9-20-15)8-11-4-3-10(23-11)2-1-5-19/h3-4,6-7,9H,1-2,5,8,19H2. The molecule has 2 N–H and O–H groups in total. The third kappa shape index (κ3) is 3.49. The van der Waals surface area contributed by atoms with E-state index in [9.17, 15) is 4.79 Å². The van der Waals surface area contributed by atoms with E-state index in [1.165, 1.54) is 10.9 Å². The Morgan fingerprint density at radius 2 is 2.09 bits per heavy atom. The number of furan rings is 1. The van der Waals surface area contributed by atoms with Crippen molar-refractivity contribution in [3.8, 4) is 0 Å². The molecule has 0 saturated carbocycles. The van der Waals surface area contributed by atoms with Crippen molar-refractivity contribution in [3.63, 3.8) is 0 Å². The summed E-state index contributed by atoms with van der Waals surface area (Å²) in [5.74, 6) is 1.59. The first-order chi connectivity index (χ1) is 11.1. The van der Waals surface area contributed by atoms with Gasteiger partial charge in [-0.25, -0.2) is 4.98 Å². The van der Waals surface area contributed by atoms with Gasteiger partial charge >= 0.3 is 0 Å². The summed E-state index contributed by atoms with van der Waals surface area (Å²) in [6.45, 7) is 0.957. The maximum Gasteiger partial charge on any atom is 0.261 e. The first-order valence-electron chi connectivity index (χ1n) is 7.20. The SMILES string of the molecule is NCCCc1ccc(Cn2cnc3cc(Br)c(Cl)cc3c2=O)o1. The molecule has 23 heavy (non-hydrogen) atoms. The zero-order chi connectivity index (χ0) is 16.4. The van der Waals surface area contributed by atoms with E-state index in [4.69, 9.17) is 21.8 Å². The molecule has 0 fully saturated rings. The molecule has 0 radical (unpaired) electrons. The van der Waals surface area contributed by atoms with Gasteiger partial charge in [0.25, 0.3) is 5.56 Å². The molecule has 5 nitrogen and oxygen atoms in total. The van der Waals surface area contributed by atoms with Gasteiger partial charge in [0.05, 0.1) is 28.8 Å². The van der Waals surface area contributed by atoms with Crippen LogP contribution in [0.3, 0.4) is 0 Å². The summed E-state index contributed by atoms with van der Waals surface area (Å²) in [5, 5.41) is 0.965. The molecule has 3 aromatic rings. The van der Waals surface area contributed by atoms with Crippen LogP contribution in [0.4, 0.5) is 0 Å². The maximum atomic E-state index is 12.6. The Labute approximate surface area is 146 Å². The van der Waals surface area contributed by atoms with Crippen LogP contribution in [-0.4, -0.2) is 16.1 Å². The third-order valence-electron chi connectivity index (χ3n) is 3.54. The van der Waals surface area contributed by atoms with Gasteiger partial charge in [0.2, 0.25) is 0 Å². The molecule has 3 rings (SSSR count). The monoisotopic (exact) mass is 395 g/mol. The molecule has 0 atom stereocenters. The molecule has 120 valence electrons. The summed E-state index contributed by atoms with van der Waals surface area (Å²) in [7, 11) is 0. The lowest BCUT2D eigenvalue weighted by Crippen LogP contribution is -2.21. The Kier molecular flexibility index (Phi) is 4.84. The minimum absolute atomic E-state index is 0.149. The van der Waals surface area contributed by atoms with Crippen LogP contribution in [0.5, 0.6) is 0 Å². The summed E-state index contributed by atoms with van der Waals surface area (Å²) in [6.07, 6.45) is 3.19. The van der Waals surface area contributed by atoms with Crippen LogP contribution >= 0.6 is 27.5 Å². The predicted octanol–water partition coefficient (Wildman–Crippen LogP) is 3.35. The minimum atomic E-state index is -0.149. The zero-order valence-electron chi connectivity index (χ0n) is 12.3. The largest absolute Gasteiger partial charge is 0.464 e. The Balaban J connectivity index is 1.91. The average Bonchev–Trinajstić information content (AvgIpc) is 2.98. The number of nitrogens with zero attached hydrogens (tertiary/aromatic N) is 2. The molecule has 0 spiro atoms. The molecule has 2 heterocycles. The number of hydrogen-bond donors (Lipinski definition) is 1. The van der Waals surface area contributed by atoms with Gasteiger partial charge in [-0.05, 0) is 53.2 Å². The smallest absolute Gasteiger partial charge is 0.261 e. The maximum absolute atomic E-state index is 12.6. The summed E-state index contributed by atoms with van der Waals surface area (Å²) in [4.78, 5) is 16.9. The molecule has 0 aliphatic rings. The first-order valence-corrected chi connectivity index (χ1v) is 8.37. The summed E-state index contributed by atoms with van der Waals surface area (Å²) < 4.78 is 7.95. The number of halogens is 2. The van der Waals surface area contributed by atoms with Crippen molar-refractivity contribution in [2.24, 2.45) is 5.73 Å². The quantitative estimate of drug-likeness (QED) is 0.718. The topological polar surface area (TPSA) is 74.1 Å². The summed E-state index contributed by atoms with van der Waals surface area (Å²) in [6, 6.07) is 7.15. The van der Waals surface area contributed by atoms with Gasteiger partial charge < -0.3 is 10.2 Å². The van der Waals surface area contributed by atoms with Crippen molar-refractivity contribution >= 4 is 38.4 Å². The van der Waals surface area contributed by atoms with Gasteiger partial charge in [-0.15, -0.1) is 0 Å². The van der Waals surface area contributed by atoms with Gasteiger partial charge in [0.1, 0.15) is 11.5 Å². The predicted molar refractivity (Wildman–Crippen MR) is 93.9 cm³/mol.